The number of aryl methyl sites for hydroxylation is 1. The average Bonchev–Trinajstić information content (AvgIpc) is 2.32. The number of nitrogens with one attached hydrogen (secondary N) is 1. The van der Waals surface area contributed by atoms with Gasteiger partial charge in [0.15, 0.2) is 0 Å². The number of hydrogen-bond donors (Lipinski definition) is 3. The number of aromatic hydroxyl groups is 2. The van der Waals surface area contributed by atoms with E-state index in [-0.39, 0.29) is 17.5 Å². The van der Waals surface area contributed by atoms with Crippen LogP contribution in [0.5, 0.6) is 11.5 Å². The molecule has 0 aliphatic carbocycles. The van der Waals surface area contributed by atoms with Gasteiger partial charge in [0.05, 0.1) is 0 Å². The van der Waals surface area contributed by atoms with Crippen molar-refractivity contribution in [3.63, 3.8) is 0 Å². The van der Waals surface area contributed by atoms with Crippen molar-refractivity contribution in [3.8, 4) is 11.5 Å². The minimum absolute atomic E-state index is 0.0207. The second-order valence-electron chi connectivity index (χ2n) is 4.61. The number of phenols is 2. The molecule has 0 spiro atoms. The molecule has 2 aromatic carbocycles. The van der Waals surface area contributed by atoms with Gasteiger partial charge in [0.1, 0.15) is 11.5 Å². The SMILES string of the molecule is Cc1ccc(NC(C)c2cc(O)cc(O)c2)cc1Br. The van der Waals surface area contributed by atoms with Gasteiger partial charge in [-0.2, -0.15) is 0 Å². The van der Waals surface area contributed by atoms with E-state index in [4.69, 9.17) is 0 Å². The van der Waals surface area contributed by atoms with Crippen molar-refractivity contribution in [2.75, 3.05) is 5.32 Å². The van der Waals surface area contributed by atoms with E-state index in [1.165, 1.54) is 11.6 Å². The van der Waals surface area contributed by atoms with E-state index in [0.717, 1.165) is 15.7 Å². The number of halogens is 1. The van der Waals surface area contributed by atoms with E-state index in [9.17, 15) is 10.2 Å². The average molecular weight is 322 g/mol. The Kier molecular flexibility index (Phi) is 4.00. The molecular weight excluding hydrogens is 306 g/mol. The third-order valence-corrected chi connectivity index (χ3v) is 3.83. The van der Waals surface area contributed by atoms with Gasteiger partial charge < -0.3 is 15.5 Å². The van der Waals surface area contributed by atoms with Crippen LogP contribution in [0.3, 0.4) is 0 Å². The summed E-state index contributed by atoms with van der Waals surface area (Å²) in [5, 5.41) is 22.3. The first-order valence-electron chi connectivity index (χ1n) is 6.01. The highest BCUT2D eigenvalue weighted by Gasteiger charge is 2.08. The zero-order chi connectivity index (χ0) is 14.0. The van der Waals surface area contributed by atoms with Gasteiger partial charge in [0.2, 0.25) is 0 Å². The molecule has 0 saturated heterocycles. The first-order chi connectivity index (χ1) is 8.95. The maximum atomic E-state index is 9.49. The van der Waals surface area contributed by atoms with Crippen LogP contribution in [0.4, 0.5) is 5.69 Å². The van der Waals surface area contributed by atoms with Gasteiger partial charge in [-0.1, -0.05) is 22.0 Å². The number of hydrogen-bond acceptors (Lipinski definition) is 3. The predicted molar refractivity (Wildman–Crippen MR) is 80.7 cm³/mol. The van der Waals surface area contributed by atoms with Crippen molar-refractivity contribution in [2.45, 2.75) is 19.9 Å². The van der Waals surface area contributed by atoms with Gasteiger partial charge in [0.25, 0.3) is 0 Å². The van der Waals surface area contributed by atoms with E-state index in [0.29, 0.717) is 0 Å². The molecule has 0 radical (unpaired) electrons. The van der Waals surface area contributed by atoms with Crippen LogP contribution in [0.25, 0.3) is 0 Å². The fraction of sp³-hybridized carbons (Fsp3) is 0.200. The van der Waals surface area contributed by atoms with E-state index in [1.54, 1.807) is 12.1 Å². The predicted octanol–water partition coefficient (Wildman–Crippen LogP) is 4.34. The number of anilines is 1. The lowest BCUT2D eigenvalue weighted by molar-refractivity contribution is 0.448. The Hall–Kier alpha value is -1.68. The van der Waals surface area contributed by atoms with Gasteiger partial charge in [-0.25, -0.2) is 0 Å². The van der Waals surface area contributed by atoms with E-state index in [1.807, 2.05) is 32.0 Å². The minimum Gasteiger partial charge on any atom is -0.508 e. The molecule has 0 aliphatic heterocycles. The normalized spacial score (nSPS) is 12.2. The monoisotopic (exact) mass is 321 g/mol. The molecule has 1 unspecified atom stereocenters. The van der Waals surface area contributed by atoms with Gasteiger partial charge in [0, 0.05) is 22.3 Å². The van der Waals surface area contributed by atoms with E-state index < -0.39 is 0 Å². The van der Waals surface area contributed by atoms with Crippen LogP contribution in [0, 0.1) is 6.92 Å². The van der Waals surface area contributed by atoms with Gasteiger partial charge in [-0.3, -0.25) is 0 Å². The summed E-state index contributed by atoms with van der Waals surface area (Å²) in [5.41, 5.74) is 2.98. The van der Waals surface area contributed by atoms with Crippen molar-refractivity contribution < 1.29 is 10.2 Å². The fourth-order valence-corrected chi connectivity index (χ4v) is 2.26. The molecule has 0 bridgehead atoms. The quantitative estimate of drug-likeness (QED) is 0.788. The summed E-state index contributed by atoms with van der Waals surface area (Å²) in [6, 6.07) is 10.6. The van der Waals surface area contributed by atoms with Crippen LogP contribution >= 0.6 is 15.9 Å². The standard InChI is InChI=1S/C15H16BrNO2/c1-9-3-4-12(7-15(9)16)17-10(2)11-5-13(18)8-14(19)6-11/h3-8,10,17-19H,1-2H3. The van der Waals surface area contributed by atoms with Crippen molar-refractivity contribution in [1.82, 2.24) is 0 Å². The molecule has 3 nitrogen and oxygen atoms in total. The Morgan fingerprint density at radius 2 is 1.68 bits per heavy atom. The number of rotatable bonds is 3. The Balaban J connectivity index is 2.20. The summed E-state index contributed by atoms with van der Waals surface area (Å²) in [6.07, 6.45) is 0. The molecule has 3 N–H and O–H groups in total. The molecule has 100 valence electrons. The highest BCUT2D eigenvalue weighted by Crippen LogP contribution is 2.28. The molecule has 0 fully saturated rings. The molecule has 0 amide bonds. The number of phenolic OH excluding ortho intramolecular Hbond substituents is 2. The first-order valence-corrected chi connectivity index (χ1v) is 6.80. The van der Waals surface area contributed by atoms with Crippen molar-refractivity contribution in [1.29, 1.82) is 0 Å². The minimum atomic E-state index is -0.0207. The maximum absolute atomic E-state index is 9.49. The maximum Gasteiger partial charge on any atom is 0.119 e. The van der Waals surface area contributed by atoms with Crippen molar-refractivity contribution >= 4 is 21.6 Å². The van der Waals surface area contributed by atoms with Crippen LogP contribution in [0.2, 0.25) is 0 Å². The van der Waals surface area contributed by atoms with Crippen LogP contribution in [-0.2, 0) is 0 Å². The molecule has 0 aromatic heterocycles. The Bertz CT molecular complexity index is 578. The lowest BCUT2D eigenvalue weighted by atomic mass is 10.1. The highest BCUT2D eigenvalue weighted by molar-refractivity contribution is 9.10. The second-order valence-corrected chi connectivity index (χ2v) is 5.47. The summed E-state index contributed by atoms with van der Waals surface area (Å²) in [4.78, 5) is 0. The summed E-state index contributed by atoms with van der Waals surface area (Å²) in [5.74, 6) is 0.127. The van der Waals surface area contributed by atoms with Crippen LogP contribution in [0.15, 0.2) is 40.9 Å². The van der Waals surface area contributed by atoms with Crippen molar-refractivity contribution in [2.24, 2.45) is 0 Å². The van der Waals surface area contributed by atoms with E-state index in [2.05, 4.69) is 21.2 Å². The first kappa shape index (κ1) is 13.7. The van der Waals surface area contributed by atoms with E-state index >= 15 is 0 Å². The van der Waals surface area contributed by atoms with Crippen molar-refractivity contribution in [3.05, 3.63) is 52.0 Å². The summed E-state index contributed by atoms with van der Waals surface area (Å²) in [6.45, 7) is 4.01. The smallest absolute Gasteiger partial charge is 0.119 e. The third-order valence-electron chi connectivity index (χ3n) is 2.98. The van der Waals surface area contributed by atoms with Crippen LogP contribution in [-0.4, -0.2) is 10.2 Å². The van der Waals surface area contributed by atoms with Gasteiger partial charge in [-0.05, 0) is 49.2 Å². The molecule has 4 heteroatoms. The third kappa shape index (κ3) is 3.41. The lowest BCUT2D eigenvalue weighted by Gasteiger charge is -2.17. The largest absolute Gasteiger partial charge is 0.508 e. The second kappa shape index (κ2) is 5.53. The zero-order valence-electron chi connectivity index (χ0n) is 10.8. The Labute approximate surface area is 121 Å². The molecule has 19 heavy (non-hydrogen) atoms. The summed E-state index contributed by atoms with van der Waals surface area (Å²) in [7, 11) is 0. The van der Waals surface area contributed by atoms with Gasteiger partial charge >= 0.3 is 0 Å². The molecule has 0 saturated carbocycles. The number of benzene rings is 2. The molecule has 1 atom stereocenters. The topological polar surface area (TPSA) is 52.5 Å². The van der Waals surface area contributed by atoms with Crippen LogP contribution in [0.1, 0.15) is 24.1 Å². The molecule has 0 heterocycles. The Morgan fingerprint density at radius 1 is 1.05 bits per heavy atom. The molecular formula is C15H16BrNO2. The molecule has 2 aromatic rings. The summed E-state index contributed by atoms with van der Waals surface area (Å²) >= 11 is 3.50. The van der Waals surface area contributed by atoms with Crippen LogP contribution < -0.4 is 5.32 Å². The zero-order valence-corrected chi connectivity index (χ0v) is 12.4. The molecule has 2 rings (SSSR count). The Morgan fingerprint density at radius 3 is 2.26 bits per heavy atom. The highest BCUT2D eigenvalue weighted by atomic mass is 79.9. The fourth-order valence-electron chi connectivity index (χ4n) is 1.88. The van der Waals surface area contributed by atoms with Gasteiger partial charge in [-0.15, -0.1) is 0 Å². The lowest BCUT2D eigenvalue weighted by Crippen LogP contribution is -2.06. The summed E-state index contributed by atoms with van der Waals surface area (Å²) < 4.78 is 1.04. The molecule has 0 aliphatic rings.